The van der Waals surface area contributed by atoms with E-state index in [9.17, 15) is 0 Å². The average Bonchev–Trinajstić information content (AvgIpc) is 3.10. The fourth-order valence-electron chi connectivity index (χ4n) is 2.32. The Morgan fingerprint density at radius 2 is 1.89 bits per heavy atom. The SMILES string of the molecule is COc1cccc([C@@H](C)C2CC2)c1OC(C)(C)C. The topological polar surface area (TPSA) is 18.5 Å². The van der Waals surface area contributed by atoms with E-state index in [4.69, 9.17) is 9.47 Å². The van der Waals surface area contributed by atoms with E-state index in [1.54, 1.807) is 7.11 Å². The maximum atomic E-state index is 6.13. The van der Waals surface area contributed by atoms with Crippen molar-refractivity contribution in [2.75, 3.05) is 7.11 Å². The zero-order chi connectivity index (χ0) is 13.3. The summed E-state index contributed by atoms with van der Waals surface area (Å²) in [6.45, 7) is 8.52. The van der Waals surface area contributed by atoms with Gasteiger partial charge in [-0.25, -0.2) is 0 Å². The highest BCUT2D eigenvalue weighted by Crippen LogP contribution is 2.47. The van der Waals surface area contributed by atoms with Crippen LogP contribution in [0.25, 0.3) is 0 Å². The van der Waals surface area contributed by atoms with Crippen molar-refractivity contribution in [3.05, 3.63) is 23.8 Å². The third-order valence-electron chi connectivity index (χ3n) is 3.46. The van der Waals surface area contributed by atoms with Crippen molar-refractivity contribution in [2.45, 2.75) is 52.1 Å². The predicted octanol–water partition coefficient (Wildman–Crippen LogP) is 4.39. The Hall–Kier alpha value is -1.18. The zero-order valence-corrected chi connectivity index (χ0v) is 12.1. The lowest BCUT2D eigenvalue weighted by atomic mass is 9.95. The summed E-state index contributed by atoms with van der Waals surface area (Å²) in [5.74, 6) is 3.14. The molecule has 2 nitrogen and oxygen atoms in total. The van der Waals surface area contributed by atoms with E-state index in [2.05, 4.69) is 39.8 Å². The highest BCUT2D eigenvalue weighted by atomic mass is 16.5. The minimum atomic E-state index is -0.202. The van der Waals surface area contributed by atoms with Crippen LogP contribution < -0.4 is 9.47 Å². The Bertz CT molecular complexity index is 414. The minimum Gasteiger partial charge on any atom is -0.493 e. The molecule has 0 spiro atoms. The second kappa shape index (κ2) is 4.83. The number of hydrogen-bond acceptors (Lipinski definition) is 2. The van der Waals surface area contributed by atoms with Gasteiger partial charge in [-0.2, -0.15) is 0 Å². The third kappa shape index (κ3) is 2.98. The molecule has 0 aliphatic heterocycles. The molecule has 1 fully saturated rings. The van der Waals surface area contributed by atoms with Gasteiger partial charge in [0, 0.05) is 5.56 Å². The molecule has 2 rings (SSSR count). The fourth-order valence-corrected chi connectivity index (χ4v) is 2.32. The molecule has 1 aliphatic rings. The van der Waals surface area contributed by atoms with Crippen molar-refractivity contribution in [1.82, 2.24) is 0 Å². The maximum Gasteiger partial charge on any atom is 0.165 e. The molecule has 0 aromatic heterocycles. The van der Waals surface area contributed by atoms with E-state index in [1.807, 2.05) is 6.07 Å². The van der Waals surface area contributed by atoms with Crippen LogP contribution in [0.4, 0.5) is 0 Å². The Morgan fingerprint density at radius 3 is 2.39 bits per heavy atom. The maximum absolute atomic E-state index is 6.13. The number of para-hydroxylation sites is 1. The van der Waals surface area contributed by atoms with Crippen molar-refractivity contribution in [3.8, 4) is 11.5 Å². The van der Waals surface area contributed by atoms with Crippen LogP contribution in [0.3, 0.4) is 0 Å². The van der Waals surface area contributed by atoms with E-state index < -0.39 is 0 Å². The number of rotatable bonds is 4. The summed E-state index contributed by atoms with van der Waals surface area (Å²) in [7, 11) is 1.70. The molecule has 0 N–H and O–H groups in total. The molecule has 1 saturated carbocycles. The van der Waals surface area contributed by atoms with Crippen molar-refractivity contribution >= 4 is 0 Å². The average molecular weight is 248 g/mol. The van der Waals surface area contributed by atoms with Crippen LogP contribution >= 0.6 is 0 Å². The summed E-state index contributed by atoms with van der Waals surface area (Å²) in [5, 5.41) is 0. The van der Waals surface area contributed by atoms with Gasteiger partial charge in [-0.05, 0) is 51.5 Å². The van der Waals surface area contributed by atoms with Crippen LogP contribution in [-0.2, 0) is 0 Å². The van der Waals surface area contributed by atoms with Gasteiger partial charge in [0.25, 0.3) is 0 Å². The molecule has 0 saturated heterocycles. The quantitative estimate of drug-likeness (QED) is 0.787. The van der Waals surface area contributed by atoms with E-state index >= 15 is 0 Å². The standard InChI is InChI=1S/C16H24O2/c1-11(12-9-10-12)13-7-6-8-14(17-5)15(13)18-16(2,3)4/h6-8,11-12H,9-10H2,1-5H3/t11-/m0/s1. The van der Waals surface area contributed by atoms with Gasteiger partial charge in [0.05, 0.1) is 7.11 Å². The molecule has 1 aromatic rings. The van der Waals surface area contributed by atoms with Crippen LogP contribution in [-0.4, -0.2) is 12.7 Å². The monoisotopic (exact) mass is 248 g/mol. The molecule has 0 amide bonds. The Balaban J connectivity index is 2.37. The van der Waals surface area contributed by atoms with Gasteiger partial charge in [0.2, 0.25) is 0 Å². The molecule has 0 radical (unpaired) electrons. The Kier molecular flexibility index (Phi) is 3.56. The first-order valence-corrected chi connectivity index (χ1v) is 6.78. The second-order valence-electron chi connectivity index (χ2n) is 6.22. The van der Waals surface area contributed by atoms with Gasteiger partial charge < -0.3 is 9.47 Å². The fraction of sp³-hybridized carbons (Fsp3) is 0.625. The summed E-state index contributed by atoms with van der Waals surface area (Å²) >= 11 is 0. The number of hydrogen-bond donors (Lipinski definition) is 0. The minimum absolute atomic E-state index is 0.202. The van der Waals surface area contributed by atoms with Crippen molar-refractivity contribution < 1.29 is 9.47 Å². The molecule has 1 aliphatic carbocycles. The highest BCUT2D eigenvalue weighted by molar-refractivity contribution is 5.49. The normalized spacial score (nSPS) is 17.4. The molecule has 0 bridgehead atoms. The van der Waals surface area contributed by atoms with Crippen LogP contribution in [0.2, 0.25) is 0 Å². The van der Waals surface area contributed by atoms with Crippen molar-refractivity contribution in [2.24, 2.45) is 5.92 Å². The first-order valence-electron chi connectivity index (χ1n) is 6.78. The molecule has 0 heterocycles. The van der Waals surface area contributed by atoms with Crippen LogP contribution in [0, 0.1) is 5.92 Å². The number of benzene rings is 1. The van der Waals surface area contributed by atoms with Crippen LogP contribution in [0.1, 0.15) is 52.0 Å². The molecular formula is C16H24O2. The van der Waals surface area contributed by atoms with E-state index in [1.165, 1.54) is 18.4 Å². The molecule has 1 atom stereocenters. The van der Waals surface area contributed by atoms with E-state index in [-0.39, 0.29) is 5.60 Å². The van der Waals surface area contributed by atoms with E-state index in [0.29, 0.717) is 5.92 Å². The first kappa shape index (κ1) is 13.3. The van der Waals surface area contributed by atoms with E-state index in [0.717, 1.165) is 17.4 Å². The molecule has 2 heteroatoms. The summed E-state index contributed by atoms with van der Waals surface area (Å²) in [6.07, 6.45) is 2.68. The van der Waals surface area contributed by atoms with Crippen molar-refractivity contribution in [1.29, 1.82) is 0 Å². The lowest BCUT2D eigenvalue weighted by Gasteiger charge is -2.26. The number of methoxy groups -OCH3 is 1. The van der Waals surface area contributed by atoms with Gasteiger partial charge in [0.15, 0.2) is 11.5 Å². The molecule has 1 aromatic carbocycles. The molecular weight excluding hydrogens is 224 g/mol. The zero-order valence-electron chi connectivity index (χ0n) is 12.1. The Morgan fingerprint density at radius 1 is 1.22 bits per heavy atom. The smallest absolute Gasteiger partial charge is 0.165 e. The number of ether oxygens (including phenoxy) is 2. The summed E-state index contributed by atoms with van der Waals surface area (Å²) in [6, 6.07) is 6.21. The summed E-state index contributed by atoms with van der Waals surface area (Å²) in [4.78, 5) is 0. The lowest BCUT2D eigenvalue weighted by Crippen LogP contribution is -2.24. The van der Waals surface area contributed by atoms with Crippen LogP contribution in [0.5, 0.6) is 11.5 Å². The first-order chi connectivity index (χ1) is 8.42. The largest absolute Gasteiger partial charge is 0.493 e. The van der Waals surface area contributed by atoms with Gasteiger partial charge in [-0.3, -0.25) is 0 Å². The van der Waals surface area contributed by atoms with Crippen molar-refractivity contribution in [3.63, 3.8) is 0 Å². The second-order valence-corrected chi connectivity index (χ2v) is 6.22. The third-order valence-corrected chi connectivity index (χ3v) is 3.46. The lowest BCUT2D eigenvalue weighted by molar-refractivity contribution is 0.123. The summed E-state index contributed by atoms with van der Waals surface area (Å²) in [5.41, 5.74) is 1.08. The summed E-state index contributed by atoms with van der Waals surface area (Å²) < 4.78 is 11.6. The molecule has 100 valence electrons. The molecule has 18 heavy (non-hydrogen) atoms. The van der Waals surface area contributed by atoms with Crippen LogP contribution in [0.15, 0.2) is 18.2 Å². The molecule has 0 unspecified atom stereocenters. The highest BCUT2D eigenvalue weighted by Gasteiger charge is 2.32. The van der Waals surface area contributed by atoms with Gasteiger partial charge in [-0.15, -0.1) is 0 Å². The van der Waals surface area contributed by atoms with Gasteiger partial charge in [-0.1, -0.05) is 19.1 Å². The van der Waals surface area contributed by atoms with Gasteiger partial charge >= 0.3 is 0 Å². The van der Waals surface area contributed by atoms with Gasteiger partial charge in [0.1, 0.15) is 5.60 Å². The Labute approximate surface area is 110 Å². The predicted molar refractivity (Wildman–Crippen MR) is 74.5 cm³/mol.